The first kappa shape index (κ1) is 15.2. The monoisotopic (exact) mass is 273 g/mol. The van der Waals surface area contributed by atoms with Gasteiger partial charge in [-0.2, -0.15) is 0 Å². The van der Waals surface area contributed by atoms with Gasteiger partial charge in [-0.15, -0.1) is 0 Å². The van der Waals surface area contributed by atoms with Crippen molar-refractivity contribution in [2.45, 2.75) is 57.0 Å². The van der Waals surface area contributed by atoms with Crippen molar-refractivity contribution >= 4 is 0 Å². The van der Waals surface area contributed by atoms with Gasteiger partial charge in [0.2, 0.25) is 0 Å². The van der Waals surface area contributed by atoms with E-state index in [9.17, 15) is 15.3 Å². The number of nitrogens with zero attached hydrogens (tertiary/aromatic N) is 1. The molecule has 0 aromatic heterocycles. The molecule has 0 aliphatic carbocycles. The minimum Gasteiger partial charge on any atom is -0.396 e. The van der Waals surface area contributed by atoms with Crippen LogP contribution >= 0.6 is 0 Å². The Morgan fingerprint density at radius 2 is 1.74 bits per heavy atom. The second-order valence-corrected chi connectivity index (χ2v) is 6.31. The largest absolute Gasteiger partial charge is 0.396 e. The fourth-order valence-electron chi connectivity index (χ4n) is 3.56. The van der Waals surface area contributed by atoms with E-state index < -0.39 is 11.7 Å². The Hall–Kier alpha value is -0.200. The molecule has 0 aromatic carbocycles. The van der Waals surface area contributed by atoms with Crippen molar-refractivity contribution in [3.63, 3.8) is 0 Å². The van der Waals surface area contributed by atoms with Crippen LogP contribution in [0, 0.1) is 5.92 Å². The number of hydrogen-bond donors (Lipinski definition) is 3. The maximum absolute atomic E-state index is 10.6. The topological polar surface area (TPSA) is 73.2 Å². The van der Waals surface area contributed by atoms with Crippen LogP contribution in [0.1, 0.15) is 33.1 Å². The van der Waals surface area contributed by atoms with Gasteiger partial charge in [0.05, 0.1) is 37.1 Å². The van der Waals surface area contributed by atoms with Crippen molar-refractivity contribution in [2.24, 2.45) is 5.92 Å². The minimum atomic E-state index is -0.663. The van der Waals surface area contributed by atoms with E-state index in [2.05, 4.69) is 4.90 Å². The summed E-state index contributed by atoms with van der Waals surface area (Å²) in [7, 11) is 0. The molecule has 2 aliphatic heterocycles. The quantitative estimate of drug-likeness (QED) is 0.674. The van der Waals surface area contributed by atoms with Crippen LogP contribution in [0.4, 0.5) is 0 Å². The number of aliphatic hydroxyl groups excluding tert-OH is 3. The zero-order valence-corrected chi connectivity index (χ0v) is 12.0. The molecule has 0 amide bonds. The molecule has 112 valence electrons. The van der Waals surface area contributed by atoms with Crippen molar-refractivity contribution < 1.29 is 20.1 Å². The van der Waals surface area contributed by atoms with E-state index in [4.69, 9.17) is 4.74 Å². The van der Waals surface area contributed by atoms with Gasteiger partial charge in [0.25, 0.3) is 0 Å². The lowest BCUT2D eigenvalue weighted by molar-refractivity contribution is -0.235. The molecule has 5 nitrogen and oxygen atoms in total. The van der Waals surface area contributed by atoms with Crippen LogP contribution in [0.15, 0.2) is 0 Å². The summed E-state index contributed by atoms with van der Waals surface area (Å²) in [4.78, 5) is 2.22. The molecule has 0 aromatic rings. The third-order valence-electron chi connectivity index (χ3n) is 4.68. The van der Waals surface area contributed by atoms with Crippen molar-refractivity contribution in [1.82, 2.24) is 4.90 Å². The highest BCUT2D eigenvalue weighted by atomic mass is 16.5. The maximum Gasteiger partial charge on any atom is 0.0993 e. The molecule has 2 heterocycles. The lowest BCUT2D eigenvalue weighted by Crippen LogP contribution is -2.66. The lowest BCUT2D eigenvalue weighted by Gasteiger charge is -2.52. The van der Waals surface area contributed by atoms with Gasteiger partial charge in [0, 0.05) is 5.92 Å². The molecule has 0 unspecified atom stereocenters. The second-order valence-electron chi connectivity index (χ2n) is 6.31. The highest BCUT2D eigenvalue weighted by molar-refractivity contribution is 5.01. The van der Waals surface area contributed by atoms with Gasteiger partial charge in [-0.3, -0.25) is 4.90 Å². The molecular weight excluding hydrogens is 246 g/mol. The highest BCUT2D eigenvalue weighted by Crippen LogP contribution is 2.36. The van der Waals surface area contributed by atoms with Crippen LogP contribution in [0.3, 0.4) is 0 Å². The number of aliphatic hydroxyl groups is 3. The van der Waals surface area contributed by atoms with Gasteiger partial charge in [0.1, 0.15) is 0 Å². The summed E-state index contributed by atoms with van der Waals surface area (Å²) in [5, 5.41) is 29.8. The summed E-state index contributed by atoms with van der Waals surface area (Å²) in [5.74, 6) is -0.317. The Kier molecular flexibility index (Phi) is 4.84. The molecule has 0 spiro atoms. The molecule has 0 radical (unpaired) electrons. The molecule has 2 saturated heterocycles. The third kappa shape index (κ3) is 2.95. The Bertz CT molecular complexity index is 291. The standard InChI is InChI=1S/C14H27NO4/c1-14(2)10(8-16)13(18)12(11(9-17)19-14)15-6-4-3-5-7-15/h10-13,16-18H,3-9H2,1-2H3/t10-,11+,12-,13-/m0/s1. The molecule has 4 atom stereocenters. The molecule has 19 heavy (non-hydrogen) atoms. The van der Waals surface area contributed by atoms with E-state index in [1.165, 1.54) is 6.42 Å². The normalized spacial score (nSPS) is 40.3. The third-order valence-corrected chi connectivity index (χ3v) is 4.68. The smallest absolute Gasteiger partial charge is 0.0993 e. The summed E-state index contributed by atoms with van der Waals surface area (Å²) in [5.41, 5.74) is -0.617. The van der Waals surface area contributed by atoms with Crippen molar-refractivity contribution in [2.75, 3.05) is 26.3 Å². The predicted molar refractivity (Wildman–Crippen MR) is 71.8 cm³/mol. The summed E-state index contributed by atoms with van der Waals surface area (Å²) in [6, 6.07) is -0.213. The van der Waals surface area contributed by atoms with Gasteiger partial charge in [-0.1, -0.05) is 6.42 Å². The first-order chi connectivity index (χ1) is 9.01. The Morgan fingerprint density at radius 3 is 2.26 bits per heavy atom. The van der Waals surface area contributed by atoms with Gasteiger partial charge in [-0.05, 0) is 39.8 Å². The summed E-state index contributed by atoms with van der Waals surface area (Å²) in [6.45, 7) is 5.40. The molecule has 5 heteroatoms. The number of likely N-dealkylation sites (tertiary alicyclic amines) is 1. The van der Waals surface area contributed by atoms with Crippen molar-refractivity contribution in [1.29, 1.82) is 0 Å². The van der Waals surface area contributed by atoms with E-state index in [0.717, 1.165) is 25.9 Å². The Morgan fingerprint density at radius 1 is 1.11 bits per heavy atom. The maximum atomic E-state index is 10.6. The summed E-state index contributed by atoms with van der Waals surface area (Å²) in [6.07, 6.45) is 2.41. The average molecular weight is 273 g/mol. The van der Waals surface area contributed by atoms with Crippen LogP contribution in [0.5, 0.6) is 0 Å². The van der Waals surface area contributed by atoms with Gasteiger partial charge < -0.3 is 20.1 Å². The molecule has 0 saturated carbocycles. The van der Waals surface area contributed by atoms with Crippen LogP contribution in [0.25, 0.3) is 0 Å². The highest BCUT2D eigenvalue weighted by Gasteiger charge is 2.50. The Labute approximate surface area is 115 Å². The fourth-order valence-corrected chi connectivity index (χ4v) is 3.56. The van der Waals surface area contributed by atoms with Gasteiger partial charge in [0.15, 0.2) is 0 Å². The first-order valence-corrected chi connectivity index (χ1v) is 7.33. The lowest BCUT2D eigenvalue weighted by atomic mass is 9.78. The van der Waals surface area contributed by atoms with Crippen LogP contribution in [0.2, 0.25) is 0 Å². The molecular formula is C14H27NO4. The number of ether oxygens (including phenoxy) is 1. The molecule has 2 fully saturated rings. The summed E-state index contributed by atoms with van der Waals surface area (Å²) < 4.78 is 5.95. The molecule has 2 rings (SSSR count). The van der Waals surface area contributed by atoms with Gasteiger partial charge in [-0.25, -0.2) is 0 Å². The van der Waals surface area contributed by atoms with E-state index in [0.29, 0.717) is 0 Å². The SMILES string of the molecule is CC1(C)O[C@H](CO)[C@H](N2CCCCC2)[C@@H](O)[C@@H]1CO. The van der Waals surface area contributed by atoms with E-state index >= 15 is 0 Å². The fraction of sp³-hybridized carbons (Fsp3) is 1.00. The van der Waals surface area contributed by atoms with Crippen LogP contribution in [-0.4, -0.2) is 70.4 Å². The zero-order chi connectivity index (χ0) is 14.0. The molecule has 3 N–H and O–H groups in total. The average Bonchev–Trinajstić information content (AvgIpc) is 2.38. The van der Waals surface area contributed by atoms with E-state index in [-0.39, 0.29) is 31.3 Å². The van der Waals surface area contributed by atoms with Crippen LogP contribution in [-0.2, 0) is 4.74 Å². The minimum absolute atomic E-state index is 0.0974. The number of piperidine rings is 1. The zero-order valence-electron chi connectivity index (χ0n) is 12.0. The number of rotatable bonds is 3. The van der Waals surface area contributed by atoms with Gasteiger partial charge >= 0.3 is 0 Å². The molecule has 0 bridgehead atoms. The first-order valence-electron chi connectivity index (χ1n) is 7.33. The van der Waals surface area contributed by atoms with Crippen molar-refractivity contribution in [3.8, 4) is 0 Å². The second kappa shape index (κ2) is 6.06. The van der Waals surface area contributed by atoms with E-state index in [1.54, 1.807) is 0 Å². The van der Waals surface area contributed by atoms with Crippen molar-refractivity contribution in [3.05, 3.63) is 0 Å². The predicted octanol–water partition coefficient (Wildman–Crippen LogP) is -0.0200. The number of hydrogen-bond acceptors (Lipinski definition) is 5. The van der Waals surface area contributed by atoms with Crippen LogP contribution < -0.4 is 0 Å². The summed E-state index contributed by atoms with van der Waals surface area (Å²) >= 11 is 0. The Balaban J connectivity index is 2.19. The molecule has 2 aliphatic rings. The van der Waals surface area contributed by atoms with E-state index in [1.807, 2.05) is 13.8 Å².